The van der Waals surface area contributed by atoms with Crippen molar-refractivity contribution in [2.75, 3.05) is 38.0 Å². The first-order valence-electron chi connectivity index (χ1n) is 8.06. The van der Waals surface area contributed by atoms with Gasteiger partial charge in [0.05, 0.1) is 17.5 Å². The largest absolute Gasteiger partial charge is 0.495 e. The lowest BCUT2D eigenvalue weighted by Gasteiger charge is -2.11. The number of nitrogens with one attached hydrogen (secondary N) is 1. The van der Waals surface area contributed by atoms with E-state index in [1.165, 1.54) is 29.8 Å². The Morgan fingerprint density at radius 1 is 1.22 bits per heavy atom. The van der Waals surface area contributed by atoms with Gasteiger partial charge in [-0.15, -0.1) is 11.3 Å². The summed E-state index contributed by atoms with van der Waals surface area (Å²) in [6, 6.07) is 7.19. The fourth-order valence-corrected chi connectivity index (χ4v) is 4.35. The van der Waals surface area contributed by atoms with Crippen LogP contribution < -0.4 is 15.0 Å². The van der Waals surface area contributed by atoms with Crippen molar-refractivity contribution in [3.8, 4) is 5.75 Å². The molecule has 0 unspecified atom stereocenters. The van der Waals surface area contributed by atoms with Gasteiger partial charge in [0.2, 0.25) is 0 Å². The van der Waals surface area contributed by atoms with Crippen LogP contribution in [0.4, 0.5) is 10.8 Å². The second-order valence-corrected chi connectivity index (χ2v) is 8.04. The van der Waals surface area contributed by atoms with Gasteiger partial charge in [-0.3, -0.25) is 4.79 Å². The van der Waals surface area contributed by atoms with Crippen LogP contribution in [0, 0.1) is 6.92 Å². The van der Waals surface area contributed by atoms with E-state index in [1.807, 2.05) is 32.0 Å². The van der Waals surface area contributed by atoms with Gasteiger partial charge in [-0.1, -0.05) is 17.4 Å². The van der Waals surface area contributed by atoms with Crippen LogP contribution in [0.2, 0.25) is 0 Å². The Kier molecular flexibility index (Phi) is 5.62. The number of rotatable bonds is 6. The zero-order valence-electron chi connectivity index (χ0n) is 15.4. The second-order valence-electron chi connectivity index (χ2n) is 6.00. The lowest BCUT2D eigenvalue weighted by atomic mass is 10.2. The number of aryl methyl sites for hydroxylation is 1. The molecule has 0 aliphatic rings. The molecule has 7 nitrogen and oxygen atoms in total. The molecular weight excluding hydrogens is 386 g/mol. The van der Waals surface area contributed by atoms with Crippen molar-refractivity contribution >= 4 is 54.9 Å². The van der Waals surface area contributed by atoms with E-state index in [4.69, 9.17) is 9.47 Å². The van der Waals surface area contributed by atoms with Crippen molar-refractivity contribution in [1.29, 1.82) is 0 Å². The molecule has 0 radical (unpaired) electrons. The zero-order valence-corrected chi connectivity index (χ0v) is 17.0. The average molecular weight is 406 g/mol. The quantitative estimate of drug-likeness (QED) is 0.632. The number of aromatic nitrogens is 1. The predicted molar refractivity (Wildman–Crippen MR) is 108 cm³/mol. The van der Waals surface area contributed by atoms with Gasteiger partial charge >= 0.3 is 5.97 Å². The molecule has 0 aliphatic heterocycles. The maximum atomic E-state index is 12.2. The van der Waals surface area contributed by atoms with Crippen molar-refractivity contribution in [1.82, 2.24) is 4.98 Å². The summed E-state index contributed by atoms with van der Waals surface area (Å²) in [6.45, 7) is 1.53. The molecule has 2 aromatic heterocycles. The predicted octanol–water partition coefficient (Wildman–Crippen LogP) is 3.54. The third-order valence-corrected chi connectivity index (χ3v) is 5.93. The number of hydrogen-bond donors (Lipinski definition) is 1. The van der Waals surface area contributed by atoms with Gasteiger partial charge in [0.1, 0.15) is 15.5 Å². The van der Waals surface area contributed by atoms with E-state index in [-0.39, 0.29) is 6.61 Å². The minimum atomic E-state index is -0.539. The Balaban J connectivity index is 1.61. The molecular formula is C18H19N3O4S2. The highest BCUT2D eigenvalue weighted by Gasteiger charge is 2.17. The number of hydrogen-bond acceptors (Lipinski definition) is 8. The number of esters is 1. The number of carbonyl (C=O) groups excluding carboxylic acids is 2. The highest BCUT2D eigenvalue weighted by atomic mass is 32.1. The van der Waals surface area contributed by atoms with E-state index in [0.29, 0.717) is 16.3 Å². The van der Waals surface area contributed by atoms with Crippen LogP contribution in [0.5, 0.6) is 5.75 Å². The molecule has 0 fully saturated rings. The van der Waals surface area contributed by atoms with Crippen molar-refractivity contribution in [2.24, 2.45) is 0 Å². The summed E-state index contributed by atoms with van der Waals surface area (Å²) >= 11 is 2.75. The smallest absolute Gasteiger partial charge is 0.348 e. The van der Waals surface area contributed by atoms with Crippen LogP contribution in [0.3, 0.4) is 0 Å². The molecule has 0 spiro atoms. The normalized spacial score (nSPS) is 10.7. The fraction of sp³-hybridized carbons (Fsp3) is 0.278. The van der Waals surface area contributed by atoms with Crippen LogP contribution in [-0.2, 0) is 9.53 Å². The molecule has 0 bridgehead atoms. The summed E-state index contributed by atoms with van der Waals surface area (Å²) in [5.74, 6) is -0.428. The van der Waals surface area contributed by atoms with E-state index in [9.17, 15) is 9.59 Å². The van der Waals surface area contributed by atoms with E-state index in [1.54, 1.807) is 18.2 Å². The van der Waals surface area contributed by atoms with Crippen molar-refractivity contribution in [3.63, 3.8) is 0 Å². The van der Waals surface area contributed by atoms with Crippen LogP contribution in [0.25, 0.3) is 9.53 Å². The molecule has 1 aromatic carbocycles. The van der Waals surface area contributed by atoms with Crippen LogP contribution in [0.1, 0.15) is 15.2 Å². The van der Waals surface area contributed by atoms with Gasteiger partial charge in [-0.05, 0) is 30.7 Å². The Hall–Kier alpha value is -2.65. The van der Waals surface area contributed by atoms with Crippen LogP contribution >= 0.6 is 22.7 Å². The summed E-state index contributed by atoms with van der Waals surface area (Å²) in [5.41, 5.74) is 1.52. The third kappa shape index (κ3) is 4.37. The molecule has 1 N–H and O–H groups in total. The van der Waals surface area contributed by atoms with E-state index < -0.39 is 11.9 Å². The molecule has 0 atom stereocenters. The number of thiophene rings is 1. The van der Waals surface area contributed by atoms with Gasteiger partial charge in [0, 0.05) is 14.1 Å². The summed E-state index contributed by atoms with van der Waals surface area (Å²) < 4.78 is 11.3. The molecule has 27 heavy (non-hydrogen) atoms. The van der Waals surface area contributed by atoms with Gasteiger partial charge in [0.15, 0.2) is 11.7 Å². The first kappa shape index (κ1) is 19.1. The molecule has 3 rings (SSSR count). The SMILES string of the molecule is COc1ccc(C)cc1NC(=O)COC(=O)c1cc2sc(N(C)C)nc2s1. The number of nitrogens with zero attached hydrogens (tertiary/aromatic N) is 2. The summed E-state index contributed by atoms with van der Waals surface area (Å²) in [4.78, 5) is 31.9. The van der Waals surface area contributed by atoms with Gasteiger partial charge in [-0.25, -0.2) is 9.78 Å². The first-order valence-corrected chi connectivity index (χ1v) is 9.70. The molecule has 0 saturated carbocycles. The van der Waals surface area contributed by atoms with Gasteiger partial charge < -0.3 is 19.7 Å². The number of anilines is 2. The summed E-state index contributed by atoms with van der Waals surface area (Å²) in [5, 5.41) is 3.57. The molecule has 3 aromatic rings. The Labute approximate surface area is 164 Å². The average Bonchev–Trinajstić information content (AvgIpc) is 3.19. The number of amides is 1. The standard InChI is InChI=1S/C18H19N3O4S2/c1-10-5-6-12(24-4)11(7-10)19-15(22)9-25-17(23)14-8-13-16(26-14)20-18(27-13)21(2)3/h5-8H,9H2,1-4H3,(H,19,22). The number of fused-ring (bicyclic) bond motifs is 1. The van der Waals surface area contributed by atoms with Crippen molar-refractivity contribution < 1.29 is 19.1 Å². The lowest BCUT2D eigenvalue weighted by molar-refractivity contribution is -0.119. The van der Waals surface area contributed by atoms with Gasteiger partial charge in [-0.2, -0.15) is 0 Å². The fourth-order valence-electron chi connectivity index (χ4n) is 2.32. The first-order chi connectivity index (χ1) is 12.9. The molecule has 0 saturated heterocycles. The monoisotopic (exact) mass is 405 g/mol. The lowest BCUT2D eigenvalue weighted by Crippen LogP contribution is -2.21. The number of carbonyl (C=O) groups is 2. The molecule has 142 valence electrons. The molecule has 2 heterocycles. The maximum absolute atomic E-state index is 12.2. The van der Waals surface area contributed by atoms with Crippen LogP contribution in [-0.4, -0.2) is 44.7 Å². The number of ether oxygens (including phenoxy) is 2. The van der Waals surface area contributed by atoms with Crippen molar-refractivity contribution in [3.05, 3.63) is 34.7 Å². The molecule has 9 heteroatoms. The minimum Gasteiger partial charge on any atom is -0.495 e. The van der Waals surface area contributed by atoms with E-state index in [0.717, 1.165) is 20.2 Å². The minimum absolute atomic E-state index is 0.377. The number of methoxy groups -OCH3 is 1. The Bertz CT molecular complexity index is 962. The Morgan fingerprint density at radius 2 is 2.00 bits per heavy atom. The summed E-state index contributed by atoms with van der Waals surface area (Å²) in [7, 11) is 5.36. The highest BCUT2D eigenvalue weighted by molar-refractivity contribution is 7.29. The topological polar surface area (TPSA) is 80.8 Å². The third-order valence-electron chi connectivity index (χ3n) is 3.63. The highest BCUT2D eigenvalue weighted by Crippen LogP contribution is 2.34. The second kappa shape index (κ2) is 7.93. The molecule has 1 amide bonds. The van der Waals surface area contributed by atoms with E-state index in [2.05, 4.69) is 10.3 Å². The number of thiazole rings is 1. The number of benzene rings is 1. The zero-order chi connectivity index (χ0) is 19.6. The van der Waals surface area contributed by atoms with Crippen LogP contribution in [0.15, 0.2) is 24.3 Å². The summed E-state index contributed by atoms with van der Waals surface area (Å²) in [6.07, 6.45) is 0. The van der Waals surface area contributed by atoms with Gasteiger partial charge in [0.25, 0.3) is 5.91 Å². The van der Waals surface area contributed by atoms with E-state index >= 15 is 0 Å². The maximum Gasteiger partial charge on any atom is 0.348 e. The Morgan fingerprint density at radius 3 is 2.67 bits per heavy atom. The van der Waals surface area contributed by atoms with Crippen molar-refractivity contribution in [2.45, 2.75) is 6.92 Å². The molecule has 0 aliphatic carbocycles.